The topological polar surface area (TPSA) is 58.1 Å². The van der Waals surface area contributed by atoms with Crippen LogP contribution < -0.4 is 10.2 Å². The summed E-state index contributed by atoms with van der Waals surface area (Å²) in [6.07, 6.45) is 3.58. The summed E-state index contributed by atoms with van der Waals surface area (Å²) in [7, 11) is 1.24. The van der Waals surface area contributed by atoms with Crippen molar-refractivity contribution in [2.75, 3.05) is 36.5 Å². The summed E-state index contributed by atoms with van der Waals surface area (Å²) < 4.78 is 11.2. The molecular weight excluding hydrogens is 224 g/mol. The minimum Gasteiger partial charge on any atom is -0.354 e. The first-order valence-electron chi connectivity index (χ1n) is 5.35. The second-order valence-corrected chi connectivity index (χ2v) is 5.43. The van der Waals surface area contributed by atoms with Crippen molar-refractivity contribution < 1.29 is 4.21 Å². The number of hydrogen-bond donors (Lipinski definition) is 1. The van der Waals surface area contributed by atoms with Crippen molar-refractivity contribution in [3.63, 3.8) is 0 Å². The standard InChI is InChI=1S/C10H16N4OS/c1-11-6-9-7-13-10(8-12-9)14-2-4-16(15)5-3-14/h7-8,11H,2-6H2,1H3. The Morgan fingerprint density at radius 2 is 2.12 bits per heavy atom. The van der Waals surface area contributed by atoms with Crippen LogP contribution >= 0.6 is 0 Å². The third-order valence-corrected chi connectivity index (χ3v) is 3.83. The van der Waals surface area contributed by atoms with Gasteiger partial charge >= 0.3 is 0 Å². The van der Waals surface area contributed by atoms with Crippen molar-refractivity contribution in [1.82, 2.24) is 15.3 Å². The van der Waals surface area contributed by atoms with Crippen molar-refractivity contribution in [2.24, 2.45) is 0 Å². The molecule has 1 fully saturated rings. The number of nitrogens with zero attached hydrogens (tertiary/aromatic N) is 3. The molecule has 0 amide bonds. The summed E-state index contributed by atoms with van der Waals surface area (Å²) in [5.41, 5.74) is 0.937. The molecule has 6 heteroatoms. The first kappa shape index (κ1) is 11.5. The van der Waals surface area contributed by atoms with Gasteiger partial charge in [0.15, 0.2) is 0 Å². The van der Waals surface area contributed by atoms with Gasteiger partial charge in [0.05, 0.1) is 18.1 Å². The van der Waals surface area contributed by atoms with Gasteiger partial charge in [0.25, 0.3) is 0 Å². The van der Waals surface area contributed by atoms with Gasteiger partial charge < -0.3 is 10.2 Å². The van der Waals surface area contributed by atoms with E-state index in [2.05, 4.69) is 20.2 Å². The van der Waals surface area contributed by atoms with Gasteiger partial charge in [-0.1, -0.05) is 0 Å². The summed E-state index contributed by atoms with van der Waals surface area (Å²) in [5.74, 6) is 2.36. The molecule has 88 valence electrons. The predicted molar refractivity (Wildman–Crippen MR) is 64.9 cm³/mol. The fraction of sp³-hybridized carbons (Fsp3) is 0.600. The summed E-state index contributed by atoms with van der Waals surface area (Å²) >= 11 is 0. The monoisotopic (exact) mass is 240 g/mol. The van der Waals surface area contributed by atoms with Crippen molar-refractivity contribution in [1.29, 1.82) is 0 Å². The molecule has 1 aromatic heterocycles. The van der Waals surface area contributed by atoms with Crippen molar-refractivity contribution in [3.8, 4) is 0 Å². The van der Waals surface area contributed by atoms with Gasteiger partial charge in [-0.25, -0.2) is 4.98 Å². The highest BCUT2D eigenvalue weighted by Gasteiger charge is 2.16. The molecule has 2 heterocycles. The molecule has 0 bridgehead atoms. The smallest absolute Gasteiger partial charge is 0.147 e. The first-order valence-corrected chi connectivity index (χ1v) is 6.84. The predicted octanol–water partition coefficient (Wildman–Crippen LogP) is -0.235. The van der Waals surface area contributed by atoms with Crippen LogP contribution in [0.5, 0.6) is 0 Å². The molecule has 16 heavy (non-hydrogen) atoms. The normalized spacial score (nSPS) is 17.7. The van der Waals surface area contributed by atoms with E-state index in [0.717, 1.165) is 42.7 Å². The van der Waals surface area contributed by atoms with Gasteiger partial charge in [-0.05, 0) is 7.05 Å². The average molecular weight is 240 g/mol. The van der Waals surface area contributed by atoms with Crippen LogP contribution in [0.25, 0.3) is 0 Å². The molecule has 0 saturated carbocycles. The third-order valence-electron chi connectivity index (χ3n) is 2.55. The van der Waals surface area contributed by atoms with E-state index >= 15 is 0 Å². The maximum Gasteiger partial charge on any atom is 0.147 e. The number of anilines is 1. The lowest BCUT2D eigenvalue weighted by atomic mass is 10.4. The van der Waals surface area contributed by atoms with E-state index in [1.165, 1.54) is 0 Å². The summed E-state index contributed by atoms with van der Waals surface area (Å²) in [6, 6.07) is 0. The van der Waals surface area contributed by atoms with Crippen molar-refractivity contribution in [2.45, 2.75) is 6.54 Å². The Kier molecular flexibility index (Phi) is 3.84. The Balaban J connectivity index is 2.01. The van der Waals surface area contributed by atoms with Crippen LogP contribution in [-0.4, -0.2) is 45.8 Å². The summed E-state index contributed by atoms with van der Waals surface area (Å²) in [5, 5.41) is 3.03. The molecule has 1 aromatic rings. The van der Waals surface area contributed by atoms with Gasteiger partial charge in [0.1, 0.15) is 5.82 Å². The van der Waals surface area contributed by atoms with Gasteiger partial charge in [-0.15, -0.1) is 0 Å². The van der Waals surface area contributed by atoms with Crippen LogP contribution in [0, 0.1) is 0 Å². The molecule has 1 N–H and O–H groups in total. The molecule has 0 radical (unpaired) electrons. The molecule has 1 aliphatic rings. The lowest BCUT2D eigenvalue weighted by Crippen LogP contribution is -2.38. The lowest BCUT2D eigenvalue weighted by Gasteiger charge is -2.26. The van der Waals surface area contributed by atoms with Gasteiger partial charge in [-0.2, -0.15) is 0 Å². The van der Waals surface area contributed by atoms with Crippen LogP contribution in [0.1, 0.15) is 5.69 Å². The second-order valence-electron chi connectivity index (χ2n) is 3.73. The second kappa shape index (κ2) is 5.36. The van der Waals surface area contributed by atoms with Gasteiger partial charge in [-0.3, -0.25) is 9.19 Å². The molecule has 1 aliphatic heterocycles. The quantitative estimate of drug-likeness (QED) is 0.790. The Morgan fingerprint density at radius 3 is 2.69 bits per heavy atom. The maximum absolute atomic E-state index is 11.2. The lowest BCUT2D eigenvalue weighted by molar-refractivity contribution is 0.672. The maximum atomic E-state index is 11.2. The zero-order chi connectivity index (χ0) is 11.4. The minimum atomic E-state index is -0.642. The van der Waals surface area contributed by atoms with Crippen LogP contribution in [0.15, 0.2) is 12.4 Å². The van der Waals surface area contributed by atoms with E-state index in [1.54, 1.807) is 12.4 Å². The van der Waals surface area contributed by atoms with E-state index in [9.17, 15) is 4.21 Å². The van der Waals surface area contributed by atoms with Crippen LogP contribution in [0.3, 0.4) is 0 Å². The molecule has 1 saturated heterocycles. The van der Waals surface area contributed by atoms with E-state index in [1.807, 2.05) is 7.05 Å². The van der Waals surface area contributed by atoms with Crippen molar-refractivity contribution >= 4 is 16.6 Å². The summed E-state index contributed by atoms with van der Waals surface area (Å²) in [6.45, 7) is 2.36. The zero-order valence-electron chi connectivity index (χ0n) is 9.35. The number of nitrogens with one attached hydrogen (secondary N) is 1. The number of rotatable bonds is 3. The molecule has 0 atom stereocenters. The molecule has 0 aliphatic carbocycles. The van der Waals surface area contributed by atoms with Gasteiger partial charge in [0.2, 0.25) is 0 Å². The van der Waals surface area contributed by atoms with Crippen LogP contribution in [0.4, 0.5) is 5.82 Å². The van der Waals surface area contributed by atoms with Crippen molar-refractivity contribution in [3.05, 3.63) is 18.1 Å². The first-order chi connectivity index (χ1) is 7.79. The van der Waals surface area contributed by atoms with E-state index in [0.29, 0.717) is 0 Å². The van der Waals surface area contributed by atoms with Crippen LogP contribution in [-0.2, 0) is 17.3 Å². The number of aromatic nitrogens is 2. The Hall–Kier alpha value is -1.01. The highest BCUT2D eigenvalue weighted by molar-refractivity contribution is 7.85. The molecule has 0 aromatic carbocycles. The van der Waals surface area contributed by atoms with E-state index < -0.39 is 10.8 Å². The molecule has 0 spiro atoms. The Labute approximate surface area is 97.7 Å². The zero-order valence-corrected chi connectivity index (χ0v) is 10.2. The molecular formula is C10H16N4OS. The minimum absolute atomic E-state index is 0.642. The Bertz CT molecular complexity index is 358. The fourth-order valence-electron chi connectivity index (χ4n) is 1.65. The Morgan fingerprint density at radius 1 is 1.38 bits per heavy atom. The largest absolute Gasteiger partial charge is 0.354 e. The van der Waals surface area contributed by atoms with Crippen LogP contribution in [0.2, 0.25) is 0 Å². The molecule has 0 unspecified atom stereocenters. The molecule has 5 nitrogen and oxygen atoms in total. The highest BCUT2D eigenvalue weighted by Crippen LogP contribution is 2.11. The molecule has 2 rings (SSSR count). The van der Waals surface area contributed by atoms with Gasteiger partial charge in [0, 0.05) is 41.9 Å². The highest BCUT2D eigenvalue weighted by atomic mass is 32.2. The average Bonchev–Trinajstić information content (AvgIpc) is 2.32. The third kappa shape index (κ3) is 2.76. The number of hydrogen-bond acceptors (Lipinski definition) is 5. The van der Waals surface area contributed by atoms with E-state index in [4.69, 9.17) is 0 Å². The summed E-state index contributed by atoms with van der Waals surface area (Å²) in [4.78, 5) is 10.8. The fourth-order valence-corrected chi connectivity index (χ4v) is 2.70. The van der Waals surface area contributed by atoms with E-state index in [-0.39, 0.29) is 0 Å². The SMILES string of the molecule is CNCc1cnc(N2CCS(=O)CC2)cn1.